The standard InChI is InChI=1S/C6H15FN2/c7-3-1-5-9-6-2-4-8/h9H,1-6,8H2. The first-order valence-corrected chi connectivity index (χ1v) is 3.38. The highest BCUT2D eigenvalue weighted by Crippen LogP contribution is 1.76. The van der Waals surface area contributed by atoms with E-state index in [2.05, 4.69) is 5.32 Å². The second-order valence-electron chi connectivity index (χ2n) is 1.93. The van der Waals surface area contributed by atoms with E-state index in [0.717, 1.165) is 19.5 Å². The Kier molecular flexibility index (Phi) is 7.72. The SMILES string of the molecule is NCCCNCCCF. The van der Waals surface area contributed by atoms with Gasteiger partial charge in [0.1, 0.15) is 0 Å². The summed E-state index contributed by atoms with van der Waals surface area (Å²) in [5.41, 5.74) is 5.23. The minimum absolute atomic E-state index is 0.227. The van der Waals surface area contributed by atoms with Gasteiger partial charge in [-0.05, 0) is 32.5 Å². The molecule has 0 heterocycles. The summed E-state index contributed by atoms with van der Waals surface area (Å²) < 4.78 is 11.4. The third-order valence-corrected chi connectivity index (χ3v) is 1.04. The van der Waals surface area contributed by atoms with Crippen molar-refractivity contribution in [1.29, 1.82) is 0 Å². The third-order valence-electron chi connectivity index (χ3n) is 1.04. The second kappa shape index (κ2) is 7.85. The van der Waals surface area contributed by atoms with Crippen molar-refractivity contribution < 1.29 is 4.39 Å². The van der Waals surface area contributed by atoms with Gasteiger partial charge in [0.15, 0.2) is 0 Å². The third kappa shape index (κ3) is 7.85. The Morgan fingerprint density at radius 3 is 2.44 bits per heavy atom. The van der Waals surface area contributed by atoms with E-state index in [1.54, 1.807) is 0 Å². The normalized spacial score (nSPS) is 10.0. The summed E-state index contributed by atoms with van der Waals surface area (Å²) in [7, 11) is 0. The molecule has 0 aliphatic carbocycles. The van der Waals surface area contributed by atoms with Gasteiger partial charge in [-0.25, -0.2) is 0 Å². The van der Waals surface area contributed by atoms with Crippen LogP contribution in [-0.4, -0.2) is 26.3 Å². The molecule has 0 saturated heterocycles. The number of hydrogen-bond acceptors (Lipinski definition) is 2. The van der Waals surface area contributed by atoms with Crippen LogP contribution in [0.15, 0.2) is 0 Å². The number of alkyl halides is 1. The molecule has 0 aromatic carbocycles. The number of nitrogens with one attached hydrogen (secondary N) is 1. The number of halogens is 1. The van der Waals surface area contributed by atoms with E-state index in [4.69, 9.17) is 5.73 Å². The maximum atomic E-state index is 11.4. The molecule has 9 heavy (non-hydrogen) atoms. The minimum atomic E-state index is -0.227. The molecule has 0 atom stereocenters. The molecule has 0 aromatic rings. The number of rotatable bonds is 6. The molecule has 56 valence electrons. The van der Waals surface area contributed by atoms with E-state index >= 15 is 0 Å². The molecule has 0 unspecified atom stereocenters. The zero-order chi connectivity index (χ0) is 6.95. The highest BCUT2D eigenvalue weighted by molar-refractivity contribution is 4.47. The van der Waals surface area contributed by atoms with Gasteiger partial charge in [-0.3, -0.25) is 4.39 Å². The van der Waals surface area contributed by atoms with Crippen LogP contribution in [0.1, 0.15) is 12.8 Å². The van der Waals surface area contributed by atoms with Crippen molar-refractivity contribution in [2.24, 2.45) is 5.73 Å². The molecule has 3 heteroatoms. The van der Waals surface area contributed by atoms with Gasteiger partial charge in [0.25, 0.3) is 0 Å². The van der Waals surface area contributed by atoms with Gasteiger partial charge in [-0.1, -0.05) is 0 Å². The summed E-state index contributed by atoms with van der Waals surface area (Å²) in [6.45, 7) is 2.17. The average molecular weight is 134 g/mol. The lowest BCUT2D eigenvalue weighted by Gasteiger charge is -1.99. The van der Waals surface area contributed by atoms with E-state index in [0.29, 0.717) is 13.0 Å². The number of nitrogens with two attached hydrogens (primary N) is 1. The molecule has 0 spiro atoms. The summed E-state index contributed by atoms with van der Waals surface area (Å²) in [5.74, 6) is 0. The largest absolute Gasteiger partial charge is 0.330 e. The Morgan fingerprint density at radius 2 is 1.89 bits per heavy atom. The molecule has 0 radical (unpaired) electrons. The van der Waals surface area contributed by atoms with Crippen LogP contribution in [0.4, 0.5) is 4.39 Å². The van der Waals surface area contributed by atoms with Gasteiger partial charge in [-0.2, -0.15) is 0 Å². The van der Waals surface area contributed by atoms with Crippen LogP contribution in [0.3, 0.4) is 0 Å². The summed E-state index contributed by atoms with van der Waals surface area (Å²) in [6.07, 6.45) is 1.59. The molecular formula is C6H15FN2. The average Bonchev–Trinajstić information content (AvgIpc) is 1.89. The lowest BCUT2D eigenvalue weighted by atomic mass is 10.4. The smallest absolute Gasteiger partial charge is 0.0906 e. The van der Waals surface area contributed by atoms with Crippen LogP contribution in [-0.2, 0) is 0 Å². The van der Waals surface area contributed by atoms with Gasteiger partial charge in [-0.15, -0.1) is 0 Å². The van der Waals surface area contributed by atoms with Crippen LogP contribution >= 0.6 is 0 Å². The van der Waals surface area contributed by atoms with Crippen molar-refractivity contribution >= 4 is 0 Å². The monoisotopic (exact) mass is 134 g/mol. The molecule has 0 saturated carbocycles. The first-order valence-electron chi connectivity index (χ1n) is 3.38. The van der Waals surface area contributed by atoms with Gasteiger partial charge < -0.3 is 11.1 Å². The molecule has 0 bridgehead atoms. The zero-order valence-corrected chi connectivity index (χ0v) is 5.70. The molecule has 0 rings (SSSR count). The summed E-state index contributed by atoms with van der Waals surface area (Å²) >= 11 is 0. The molecule has 3 N–H and O–H groups in total. The first kappa shape index (κ1) is 8.85. The summed E-state index contributed by atoms with van der Waals surface area (Å²) in [6, 6.07) is 0. The predicted octanol–water partition coefficient (Wildman–Crippen LogP) is 0.284. The Morgan fingerprint density at radius 1 is 1.22 bits per heavy atom. The van der Waals surface area contributed by atoms with E-state index < -0.39 is 0 Å². The molecule has 0 aliphatic heterocycles. The van der Waals surface area contributed by atoms with Crippen molar-refractivity contribution in [2.75, 3.05) is 26.3 Å². The van der Waals surface area contributed by atoms with Crippen LogP contribution in [0, 0.1) is 0 Å². The molecule has 0 amide bonds. The Balaban J connectivity index is 2.60. The maximum absolute atomic E-state index is 11.4. The van der Waals surface area contributed by atoms with Crippen molar-refractivity contribution in [3.05, 3.63) is 0 Å². The fraction of sp³-hybridized carbons (Fsp3) is 1.00. The topological polar surface area (TPSA) is 38.0 Å². The van der Waals surface area contributed by atoms with Crippen molar-refractivity contribution in [1.82, 2.24) is 5.32 Å². The van der Waals surface area contributed by atoms with Gasteiger partial charge in [0, 0.05) is 0 Å². The zero-order valence-electron chi connectivity index (χ0n) is 5.70. The Labute approximate surface area is 55.6 Å². The fourth-order valence-corrected chi connectivity index (χ4v) is 0.544. The molecule has 0 aromatic heterocycles. The highest BCUT2D eigenvalue weighted by Gasteiger charge is 1.84. The van der Waals surface area contributed by atoms with Crippen LogP contribution < -0.4 is 11.1 Å². The van der Waals surface area contributed by atoms with E-state index in [9.17, 15) is 4.39 Å². The molecular weight excluding hydrogens is 119 g/mol. The minimum Gasteiger partial charge on any atom is -0.330 e. The fourth-order valence-electron chi connectivity index (χ4n) is 0.544. The highest BCUT2D eigenvalue weighted by atomic mass is 19.1. The van der Waals surface area contributed by atoms with Crippen molar-refractivity contribution in [3.63, 3.8) is 0 Å². The molecule has 2 nitrogen and oxygen atoms in total. The van der Waals surface area contributed by atoms with Crippen molar-refractivity contribution in [2.45, 2.75) is 12.8 Å². The van der Waals surface area contributed by atoms with Gasteiger partial charge in [0.05, 0.1) is 6.67 Å². The van der Waals surface area contributed by atoms with Crippen LogP contribution in [0.5, 0.6) is 0 Å². The number of hydrogen-bond donors (Lipinski definition) is 2. The lowest BCUT2D eigenvalue weighted by Crippen LogP contribution is -2.19. The van der Waals surface area contributed by atoms with Crippen LogP contribution in [0.2, 0.25) is 0 Å². The quantitative estimate of drug-likeness (QED) is 0.512. The predicted molar refractivity (Wildman–Crippen MR) is 37.1 cm³/mol. The maximum Gasteiger partial charge on any atom is 0.0906 e. The van der Waals surface area contributed by atoms with Crippen LogP contribution in [0.25, 0.3) is 0 Å². The van der Waals surface area contributed by atoms with E-state index in [1.165, 1.54) is 0 Å². The van der Waals surface area contributed by atoms with E-state index in [1.807, 2.05) is 0 Å². The molecule has 0 fully saturated rings. The summed E-state index contributed by atoms with van der Waals surface area (Å²) in [5, 5.41) is 3.07. The first-order chi connectivity index (χ1) is 4.41. The molecule has 0 aliphatic rings. The van der Waals surface area contributed by atoms with Gasteiger partial charge >= 0.3 is 0 Å². The Bertz CT molecular complexity index is 44.3. The Hall–Kier alpha value is -0.150. The van der Waals surface area contributed by atoms with Crippen molar-refractivity contribution in [3.8, 4) is 0 Å². The second-order valence-corrected chi connectivity index (χ2v) is 1.93. The summed E-state index contributed by atoms with van der Waals surface area (Å²) in [4.78, 5) is 0. The lowest BCUT2D eigenvalue weighted by molar-refractivity contribution is 0.459. The van der Waals surface area contributed by atoms with E-state index in [-0.39, 0.29) is 6.67 Å². The van der Waals surface area contributed by atoms with Gasteiger partial charge in [0.2, 0.25) is 0 Å².